The number of aryl methyl sites for hydroxylation is 1. The van der Waals surface area contributed by atoms with E-state index < -0.39 is 5.97 Å². The maximum Gasteiger partial charge on any atom is 0.337 e. The fourth-order valence-corrected chi connectivity index (χ4v) is 2.11. The SMILES string of the molecule is COC(=O)c1ccc2c(c1)[nH]c(=O)n1cc(C)nc21. The van der Waals surface area contributed by atoms with Crippen LogP contribution in [-0.2, 0) is 4.74 Å². The van der Waals surface area contributed by atoms with Crippen LogP contribution in [0.5, 0.6) is 0 Å². The van der Waals surface area contributed by atoms with Crippen LogP contribution in [-0.4, -0.2) is 27.4 Å². The minimum Gasteiger partial charge on any atom is -0.465 e. The number of aromatic amines is 1. The Morgan fingerprint density at radius 1 is 1.42 bits per heavy atom. The van der Waals surface area contributed by atoms with Crippen LogP contribution in [0.1, 0.15) is 16.1 Å². The molecule has 6 nitrogen and oxygen atoms in total. The van der Waals surface area contributed by atoms with Gasteiger partial charge in [0.25, 0.3) is 0 Å². The Kier molecular flexibility index (Phi) is 2.38. The van der Waals surface area contributed by atoms with Crippen LogP contribution in [0, 0.1) is 6.92 Å². The second-order valence-corrected chi connectivity index (χ2v) is 4.26. The highest BCUT2D eigenvalue weighted by molar-refractivity contribution is 5.98. The zero-order chi connectivity index (χ0) is 13.6. The molecular weight excluding hydrogens is 246 g/mol. The smallest absolute Gasteiger partial charge is 0.337 e. The predicted molar refractivity (Wildman–Crippen MR) is 69.4 cm³/mol. The van der Waals surface area contributed by atoms with Crippen molar-refractivity contribution in [2.24, 2.45) is 0 Å². The molecule has 1 N–H and O–H groups in total. The van der Waals surface area contributed by atoms with Gasteiger partial charge in [-0.1, -0.05) is 0 Å². The van der Waals surface area contributed by atoms with E-state index in [0.717, 1.165) is 11.1 Å². The molecule has 3 rings (SSSR count). The summed E-state index contributed by atoms with van der Waals surface area (Å²) in [6.07, 6.45) is 1.67. The first-order chi connectivity index (χ1) is 9.10. The number of fused-ring (bicyclic) bond motifs is 3. The van der Waals surface area contributed by atoms with E-state index in [1.165, 1.54) is 11.5 Å². The zero-order valence-electron chi connectivity index (χ0n) is 10.4. The van der Waals surface area contributed by atoms with Gasteiger partial charge in [0, 0.05) is 11.6 Å². The number of rotatable bonds is 1. The van der Waals surface area contributed by atoms with Gasteiger partial charge in [0.2, 0.25) is 0 Å². The average Bonchev–Trinajstić information content (AvgIpc) is 2.80. The van der Waals surface area contributed by atoms with Gasteiger partial charge in [-0.2, -0.15) is 0 Å². The Labute approximate surface area is 107 Å². The van der Waals surface area contributed by atoms with Crippen molar-refractivity contribution in [2.75, 3.05) is 7.11 Å². The lowest BCUT2D eigenvalue weighted by Gasteiger charge is -2.03. The van der Waals surface area contributed by atoms with E-state index in [0.29, 0.717) is 16.7 Å². The number of nitrogens with zero attached hydrogens (tertiary/aromatic N) is 2. The van der Waals surface area contributed by atoms with Crippen LogP contribution < -0.4 is 5.69 Å². The van der Waals surface area contributed by atoms with Gasteiger partial charge in [-0.25, -0.2) is 14.6 Å². The fourth-order valence-electron chi connectivity index (χ4n) is 2.11. The Hall–Kier alpha value is -2.63. The molecule has 96 valence electrons. The maximum absolute atomic E-state index is 11.9. The van der Waals surface area contributed by atoms with Gasteiger partial charge in [-0.15, -0.1) is 0 Å². The second kappa shape index (κ2) is 3.94. The van der Waals surface area contributed by atoms with E-state index in [1.54, 1.807) is 24.4 Å². The molecule has 19 heavy (non-hydrogen) atoms. The second-order valence-electron chi connectivity index (χ2n) is 4.26. The summed E-state index contributed by atoms with van der Waals surface area (Å²) < 4.78 is 6.11. The monoisotopic (exact) mass is 257 g/mol. The van der Waals surface area contributed by atoms with Crippen LogP contribution in [0.25, 0.3) is 16.6 Å². The van der Waals surface area contributed by atoms with Crippen molar-refractivity contribution in [1.29, 1.82) is 0 Å². The van der Waals surface area contributed by atoms with Gasteiger partial charge in [0.1, 0.15) is 0 Å². The normalized spacial score (nSPS) is 11.1. The maximum atomic E-state index is 11.9. The van der Waals surface area contributed by atoms with Gasteiger partial charge >= 0.3 is 11.7 Å². The number of ether oxygens (including phenoxy) is 1. The highest BCUT2D eigenvalue weighted by Gasteiger charge is 2.11. The lowest BCUT2D eigenvalue weighted by atomic mass is 10.1. The van der Waals surface area contributed by atoms with E-state index in [4.69, 9.17) is 0 Å². The van der Waals surface area contributed by atoms with Crippen LogP contribution in [0.15, 0.2) is 29.2 Å². The summed E-state index contributed by atoms with van der Waals surface area (Å²) in [6.45, 7) is 1.82. The molecule has 0 atom stereocenters. The highest BCUT2D eigenvalue weighted by Crippen LogP contribution is 2.18. The van der Waals surface area contributed by atoms with Gasteiger partial charge < -0.3 is 9.72 Å². The molecule has 0 unspecified atom stereocenters. The summed E-state index contributed by atoms with van der Waals surface area (Å²) in [5.41, 5.74) is 2.00. The third-order valence-corrected chi connectivity index (χ3v) is 2.97. The molecule has 0 aliphatic carbocycles. The van der Waals surface area contributed by atoms with Gasteiger partial charge in [0.05, 0.1) is 23.9 Å². The van der Waals surface area contributed by atoms with Crippen molar-refractivity contribution in [3.8, 4) is 0 Å². The van der Waals surface area contributed by atoms with E-state index in [1.807, 2.05) is 6.92 Å². The van der Waals surface area contributed by atoms with Crippen molar-refractivity contribution in [2.45, 2.75) is 6.92 Å². The Morgan fingerprint density at radius 2 is 2.21 bits per heavy atom. The number of hydrogen-bond donors (Lipinski definition) is 1. The molecule has 0 saturated carbocycles. The Balaban J connectivity index is 2.39. The summed E-state index contributed by atoms with van der Waals surface area (Å²) >= 11 is 0. The number of imidazole rings is 1. The zero-order valence-corrected chi connectivity index (χ0v) is 10.4. The first-order valence-corrected chi connectivity index (χ1v) is 5.70. The van der Waals surface area contributed by atoms with Crippen molar-refractivity contribution in [1.82, 2.24) is 14.4 Å². The molecular formula is C13H11N3O3. The van der Waals surface area contributed by atoms with Crippen molar-refractivity contribution in [3.05, 3.63) is 46.1 Å². The molecule has 1 aromatic carbocycles. The fraction of sp³-hybridized carbons (Fsp3) is 0.154. The standard InChI is InChI=1S/C13H11N3O3/c1-7-6-16-11(14-7)9-4-3-8(12(17)19-2)5-10(9)15-13(16)18/h3-6H,1-2H3,(H,15,18). The Bertz CT molecular complexity index is 861. The van der Waals surface area contributed by atoms with E-state index >= 15 is 0 Å². The van der Waals surface area contributed by atoms with Crippen LogP contribution in [0.4, 0.5) is 0 Å². The van der Waals surface area contributed by atoms with Crippen LogP contribution >= 0.6 is 0 Å². The Morgan fingerprint density at radius 3 is 2.95 bits per heavy atom. The number of H-pyrrole nitrogens is 1. The molecule has 0 amide bonds. The number of hydrogen-bond acceptors (Lipinski definition) is 4. The molecule has 3 aromatic rings. The number of carbonyl (C=O) groups is 1. The number of carbonyl (C=O) groups excluding carboxylic acids is 1. The minimum atomic E-state index is -0.442. The lowest BCUT2D eigenvalue weighted by molar-refractivity contribution is 0.0601. The largest absolute Gasteiger partial charge is 0.465 e. The first-order valence-electron chi connectivity index (χ1n) is 5.70. The number of aromatic nitrogens is 3. The molecule has 0 aliphatic rings. The molecule has 2 aromatic heterocycles. The van der Waals surface area contributed by atoms with E-state index in [-0.39, 0.29) is 5.69 Å². The average molecular weight is 257 g/mol. The molecule has 2 heterocycles. The number of nitrogens with one attached hydrogen (secondary N) is 1. The van der Waals surface area contributed by atoms with Crippen LogP contribution in [0.2, 0.25) is 0 Å². The van der Waals surface area contributed by atoms with Gasteiger partial charge in [-0.05, 0) is 25.1 Å². The number of esters is 1. The minimum absolute atomic E-state index is 0.287. The predicted octanol–water partition coefficient (Wildman–Crippen LogP) is 1.27. The highest BCUT2D eigenvalue weighted by atomic mass is 16.5. The van der Waals surface area contributed by atoms with Crippen molar-refractivity contribution in [3.63, 3.8) is 0 Å². The van der Waals surface area contributed by atoms with Crippen molar-refractivity contribution < 1.29 is 9.53 Å². The number of methoxy groups -OCH3 is 1. The number of benzene rings is 1. The summed E-state index contributed by atoms with van der Waals surface area (Å²) in [6, 6.07) is 4.99. The molecule has 6 heteroatoms. The third kappa shape index (κ3) is 1.69. The van der Waals surface area contributed by atoms with Crippen LogP contribution in [0.3, 0.4) is 0 Å². The summed E-state index contributed by atoms with van der Waals surface area (Å²) in [4.78, 5) is 30.4. The quantitative estimate of drug-likeness (QED) is 0.666. The molecule has 0 bridgehead atoms. The van der Waals surface area contributed by atoms with Gasteiger partial charge in [-0.3, -0.25) is 4.40 Å². The molecule has 0 fully saturated rings. The molecule has 0 aliphatic heterocycles. The molecule has 0 radical (unpaired) electrons. The lowest BCUT2D eigenvalue weighted by Crippen LogP contribution is -2.15. The summed E-state index contributed by atoms with van der Waals surface area (Å²) in [7, 11) is 1.32. The van der Waals surface area contributed by atoms with E-state index in [2.05, 4.69) is 14.7 Å². The van der Waals surface area contributed by atoms with Crippen molar-refractivity contribution >= 4 is 22.5 Å². The summed E-state index contributed by atoms with van der Waals surface area (Å²) in [5, 5.41) is 0.778. The third-order valence-electron chi connectivity index (χ3n) is 2.97. The molecule has 0 spiro atoms. The first kappa shape index (κ1) is 11.5. The van der Waals surface area contributed by atoms with Gasteiger partial charge in [0.15, 0.2) is 5.65 Å². The molecule has 0 saturated heterocycles. The summed E-state index contributed by atoms with van der Waals surface area (Å²) in [5.74, 6) is -0.442. The topological polar surface area (TPSA) is 76.5 Å². The van der Waals surface area contributed by atoms with E-state index in [9.17, 15) is 9.59 Å².